The third-order valence-electron chi connectivity index (χ3n) is 5.31. The molecule has 0 saturated carbocycles. The summed E-state index contributed by atoms with van der Waals surface area (Å²) in [6.45, 7) is 7.21. The molecule has 0 aliphatic carbocycles. The first-order chi connectivity index (χ1) is 15.6. The van der Waals surface area contributed by atoms with Crippen LogP contribution >= 0.6 is 11.3 Å². The number of carbonyl (C=O) groups excluding carboxylic acids is 1. The number of rotatable bonds is 8. The lowest BCUT2D eigenvalue weighted by Gasteiger charge is -2.33. The van der Waals surface area contributed by atoms with Crippen molar-refractivity contribution in [3.05, 3.63) is 65.4 Å². The lowest BCUT2D eigenvalue weighted by molar-refractivity contribution is -0.117. The lowest BCUT2D eigenvalue weighted by Crippen LogP contribution is -2.48. The summed E-state index contributed by atoms with van der Waals surface area (Å²) >= 11 is 1.66. The van der Waals surface area contributed by atoms with Crippen LogP contribution in [0, 0.1) is 5.82 Å². The smallest absolute Gasteiger partial charge is 0.238 e. The first kappa shape index (κ1) is 22.4. The van der Waals surface area contributed by atoms with Crippen LogP contribution in [0.5, 0.6) is 5.75 Å². The van der Waals surface area contributed by atoms with Crippen molar-refractivity contribution in [3.63, 3.8) is 0 Å². The van der Waals surface area contributed by atoms with Crippen LogP contribution < -0.4 is 10.1 Å². The van der Waals surface area contributed by atoms with Crippen molar-refractivity contribution in [2.75, 3.05) is 44.6 Å². The topological polar surface area (TPSA) is 57.7 Å². The minimum atomic E-state index is -0.314. The van der Waals surface area contributed by atoms with E-state index in [-0.39, 0.29) is 11.7 Å². The molecular formula is C24H27FN4O2S. The fraction of sp³-hybridized carbons (Fsp3) is 0.333. The predicted octanol–water partition coefficient (Wildman–Crippen LogP) is 4.10. The Bertz CT molecular complexity index is 1020. The van der Waals surface area contributed by atoms with Gasteiger partial charge in [0, 0.05) is 49.4 Å². The van der Waals surface area contributed by atoms with Gasteiger partial charge in [0.2, 0.25) is 5.91 Å². The van der Waals surface area contributed by atoms with Crippen LogP contribution in [-0.4, -0.2) is 60.0 Å². The van der Waals surface area contributed by atoms with E-state index >= 15 is 0 Å². The number of nitrogens with zero attached hydrogens (tertiary/aromatic N) is 3. The molecule has 8 heteroatoms. The number of amides is 1. The number of carbonyl (C=O) groups is 1. The molecule has 1 aromatic heterocycles. The van der Waals surface area contributed by atoms with E-state index in [0.29, 0.717) is 18.8 Å². The Morgan fingerprint density at radius 1 is 1.06 bits per heavy atom. The Balaban J connectivity index is 1.23. The van der Waals surface area contributed by atoms with Gasteiger partial charge in [0.1, 0.15) is 16.6 Å². The SMILES string of the molecule is CCOc1ccc(-c2nc(CN3CCN(CC(=O)Nc4ccc(F)cc4)CC3)cs2)cc1. The van der Waals surface area contributed by atoms with Gasteiger partial charge in [0.25, 0.3) is 0 Å². The summed E-state index contributed by atoms with van der Waals surface area (Å²) in [5.41, 5.74) is 2.78. The van der Waals surface area contributed by atoms with Crippen LogP contribution in [-0.2, 0) is 11.3 Å². The van der Waals surface area contributed by atoms with E-state index in [0.717, 1.165) is 54.7 Å². The molecule has 0 unspecified atom stereocenters. The van der Waals surface area contributed by atoms with Gasteiger partial charge in [-0.2, -0.15) is 0 Å². The lowest BCUT2D eigenvalue weighted by atomic mass is 10.2. The number of hydrogen-bond donors (Lipinski definition) is 1. The third-order valence-corrected chi connectivity index (χ3v) is 6.25. The standard InChI is InChI=1S/C24H27FN4O2S/c1-2-31-22-9-3-18(4-10-22)24-27-21(17-32-24)15-28-11-13-29(14-12-28)16-23(30)26-20-7-5-19(25)6-8-20/h3-10,17H,2,11-16H2,1H3,(H,26,30). The Kier molecular flexibility index (Phi) is 7.47. The van der Waals surface area contributed by atoms with E-state index in [1.54, 1.807) is 23.5 Å². The summed E-state index contributed by atoms with van der Waals surface area (Å²) in [7, 11) is 0. The second-order valence-electron chi connectivity index (χ2n) is 7.71. The minimum Gasteiger partial charge on any atom is -0.494 e. The average Bonchev–Trinajstić information content (AvgIpc) is 3.26. The first-order valence-corrected chi connectivity index (χ1v) is 11.6. The minimum absolute atomic E-state index is 0.0791. The summed E-state index contributed by atoms with van der Waals surface area (Å²) in [6, 6.07) is 13.9. The van der Waals surface area contributed by atoms with Crippen molar-refractivity contribution < 1.29 is 13.9 Å². The summed E-state index contributed by atoms with van der Waals surface area (Å²) < 4.78 is 18.5. The number of thiazole rings is 1. The van der Waals surface area contributed by atoms with Crippen LogP contribution in [0.3, 0.4) is 0 Å². The molecule has 4 rings (SSSR count). The van der Waals surface area contributed by atoms with Gasteiger partial charge >= 0.3 is 0 Å². The Labute approximate surface area is 191 Å². The second kappa shape index (κ2) is 10.7. The van der Waals surface area contributed by atoms with E-state index < -0.39 is 0 Å². The Morgan fingerprint density at radius 3 is 2.44 bits per heavy atom. The highest BCUT2D eigenvalue weighted by atomic mass is 32.1. The van der Waals surface area contributed by atoms with Crippen LogP contribution in [0.4, 0.5) is 10.1 Å². The zero-order chi connectivity index (χ0) is 22.3. The zero-order valence-electron chi connectivity index (χ0n) is 18.1. The third kappa shape index (κ3) is 6.12. The van der Waals surface area contributed by atoms with Crippen LogP contribution in [0.25, 0.3) is 10.6 Å². The molecule has 3 aromatic rings. The summed E-state index contributed by atoms with van der Waals surface area (Å²) in [5, 5.41) is 5.95. The highest BCUT2D eigenvalue weighted by Crippen LogP contribution is 2.26. The quantitative estimate of drug-likeness (QED) is 0.555. The fourth-order valence-electron chi connectivity index (χ4n) is 3.64. The summed E-state index contributed by atoms with van der Waals surface area (Å²) in [6.07, 6.45) is 0. The highest BCUT2D eigenvalue weighted by Gasteiger charge is 2.20. The molecular weight excluding hydrogens is 427 g/mol. The molecule has 0 atom stereocenters. The van der Waals surface area contributed by atoms with Crippen LogP contribution in [0.2, 0.25) is 0 Å². The van der Waals surface area contributed by atoms with E-state index in [4.69, 9.17) is 9.72 Å². The van der Waals surface area contributed by atoms with Gasteiger partial charge in [0.15, 0.2) is 0 Å². The Morgan fingerprint density at radius 2 is 1.75 bits per heavy atom. The maximum absolute atomic E-state index is 13.0. The van der Waals surface area contributed by atoms with E-state index in [2.05, 4.69) is 20.5 Å². The van der Waals surface area contributed by atoms with Crippen molar-refractivity contribution in [2.24, 2.45) is 0 Å². The van der Waals surface area contributed by atoms with Crippen molar-refractivity contribution in [1.29, 1.82) is 0 Å². The molecule has 6 nitrogen and oxygen atoms in total. The van der Waals surface area contributed by atoms with Gasteiger partial charge in [-0.25, -0.2) is 9.37 Å². The normalized spacial score (nSPS) is 14.9. The maximum atomic E-state index is 13.0. The van der Waals surface area contributed by atoms with E-state index in [1.165, 1.54) is 12.1 Å². The van der Waals surface area contributed by atoms with Gasteiger partial charge in [-0.15, -0.1) is 11.3 Å². The van der Waals surface area contributed by atoms with E-state index in [9.17, 15) is 9.18 Å². The molecule has 1 aliphatic rings. The molecule has 2 aromatic carbocycles. The number of benzene rings is 2. The van der Waals surface area contributed by atoms with Gasteiger partial charge in [-0.05, 0) is 55.5 Å². The molecule has 1 aliphatic heterocycles. The molecule has 1 fully saturated rings. The van der Waals surface area contributed by atoms with E-state index in [1.807, 2.05) is 31.2 Å². The number of nitrogens with one attached hydrogen (secondary N) is 1. The molecule has 32 heavy (non-hydrogen) atoms. The van der Waals surface area contributed by atoms with Gasteiger partial charge in [-0.3, -0.25) is 14.6 Å². The number of anilines is 1. The average molecular weight is 455 g/mol. The number of hydrogen-bond acceptors (Lipinski definition) is 6. The molecule has 2 heterocycles. The molecule has 0 bridgehead atoms. The first-order valence-electron chi connectivity index (χ1n) is 10.8. The highest BCUT2D eigenvalue weighted by molar-refractivity contribution is 7.13. The number of piperazine rings is 1. The van der Waals surface area contributed by atoms with Gasteiger partial charge in [0.05, 0.1) is 18.8 Å². The van der Waals surface area contributed by atoms with Crippen LogP contribution in [0.1, 0.15) is 12.6 Å². The largest absolute Gasteiger partial charge is 0.494 e. The van der Waals surface area contributed by atoms with Crippen molar-refractivity contribution >= 4 is 22.9 Å². The molecule has 1 N–H and O–H groups in total. The summed E-state index contributed by atoms with van der Waals surface area (Å²) in [4.78, 5) is 21.6. The molecule has 168 valence electrons. The van der Waals surface area contributed by atoms with Crippen LogP contribution in [0.15, 0.2) is 53.9 Å². The Hall–Kier alpha value is -2.81. The zero-order valence-corrected chi connectivity index (χ0v) is 18.9. The van der Waals surface area contributed by atoms with Crippen molar-refractivity contribution in [2.45, 2.75) is 13.5 Å². The summed E-state index contributed by atoms with van der Waals surface area (Å²) in [5.74, 6) is 0.479. The molecule has 0 radical (unpaired) electrons. The fourth-order valence-corrected chi connectivity index (χ4v) is 4.46. The second-order valence-corrected chi connectivity index (χ2v) is 8.57. The monoisotopic (exact) mass is 454 g/mol. The number of ether oxygens (including phenoxy) is 1. The molecule has 1 saturated heterocycles. The van der Waals surface area contributed by atoms with Crippen molar-refractivity contribution in [1.82, 2.24) is 14.8 Å². The molecule has 0 spiro atoms. The number of halogens is 1. The predicted molar refractivity (Wildman–Crippen MR) is 125 cm³/mol. The maximum Gasteiger partial charge on any atom is 0.238 e. The van der Waals surface area contributed by atoms with Gasteiger partial charge in [-0.1, -0.05) is 0 Å². The molecule has 1 amide bonds. The van der Waals surface area contributed by atoms with Crippen molar-refractivity contribution in [3.8, 4) is 16.3 Å². The van der Waals surface area contributed by atoms with Gasteiger partial charge < -0.3 is 10.1 Å². The number of aromatic nitrogens is 1.